The smallest absolute Gasteiger partial charge is 0.227 e. The van der Waals surface area contributed by atoms with E-state index in [1.54, 1.807) is 12.1 Å². The van der Waals surface area contributed by atoms with Gasteiger partial charge in [0.15, 0.2) is 5.58 Å². The molecule has 0 N–H and O–H groups in total. The summed E-state index contributed by atoms with van der Waals surface area (Å²) in [5.41, 5.74) is 6.98. The van der Waals surface area contributed by atoms with Gasteiger partial charge in [-0.05, 0) is 75.5 Å². The highest BCUT2D eigenvalue weighted by Gasteiger charge is 2.09. The predicted octanol–water partition coefficient (Wildman–Crippen LogP) is 8.12. The number of nitrogens with zero attached hydrogens (tertiary/aromatic N) is 1. The number of oxazole rings is 1. The lowest BCUT2D eigenvalue weighted by molar-refractivity contribution is 0.620. The zero-order chi connectivity index (χ0) is 21.5. The van der Waals surface area contributed by atoms with Gasteiger partial charge in [-0.15, -0.1) is 0 Å². The third kappa shape index (κ3) is 3.34. The van der Waals surface area contributed by atoms with Crippen LogP contribution in [0.3, 0.4) is 0 Å². The van der Waals surface area contributed by atoms with Crippen molar-refractivity contribution in [2.24, 2.45) is 0 Å². The fourth-order valence-corrected chi connectivity index (χ4v) is 4.05. The van der Waals surface area contributed by atoms with Crippen molar-refractivity contribution in [3.05, 3.63) is 115 Å². The van der Waals surface area contributed by atoms with E-state index in [0.29, 0.717) is 5.89 Å². The normalized spacial score (nSPS) is 11.3. The van der Waals surface area contributed by atoms with Crippen LogP contribution in [0.2, 0.25) is 0 Å². The maximum atomic E-state index is 13.2. The number of fused-ring (bicyclic) bond motifs is 2. The lowest BCUT2D eigenvalue weighted by Crippen LogP contribution is -1.83. The van der Waals surface area contributed by atoms with Crippen LogP contribution >= 0.6 is 0 Å². The SMILES string of the molecule is Fc1ccc(-c2ccc(-c3ccc4cc(-c5nc6ccccc6o5)ccc4c3)cc2)cc1. The van der Waals surface area contributed by atoms with Crippen LogP contribution in [0.15, 0.2) is 114 Å². The topological polar surface area (TPSA) is 26.0 Å². The van der Waals surface area contributed by atoms with Gasteiger partial charge in [-0.25, -0.2) is 9.37 Å². The Labute approximate surface area is 184 Å². The average molecular weight is 415 g/mol. The molecule has 0 aliphatic rings. The van der Waals surface area contributed by atoms with E-state index in [-0.39, 0.29) is 5.82 Å². The first-order valence-electron chi connectivity index (χ1n) is 10.5. The average Bonchev–Trinajstić information content (AvgIpc) is 3.28. The molecule has 0 radical (unpaired) electrons. The monoisotopic (exact) mass is 415 g/mol. The van der Waals surface area contributed by atoms with Crippen LogP contribution in [0.1, 0.15) is 0 Å². The van der Waals surface area contributed by atoms with Gasteiger partial charge in [-0.2, -0.15) is 0 Å². The van der Waals surface area contributed by atoms with E-state index in [0.717, 1.165) is 49.7 Å². The van der Waals surface area contributed by atoms with Gasteiger partial charge >= 0.3 is 0 Å². The molecule has 6 rings (SSSR count). The van der Waals surface area contributed by atoms with E-state index < -0.39 is 0 Å². The molecule has 1 aromatic heterocycles. The molecule has 0 aliphatic carbocycles. The van der Waals surface area contributed by atoms with Gasteiger partial charge in [0.25, 0.3) is 0 Å². The summed E-state index contributed by atoms with van der Waals surface area (Å²) in [6, 6.07) is 35.4. The van der Waals surface area contributed by atoms with Crippen molar-refractivity contribution in [3.8, 4) is 33.7 Å². The van der Waals surface area contributed by atoms with Gasteiger partial charge in [0.1, 0.15) is 11.3 Å². The Hall–Kier alpha value is -4.24. The quantitative estimate of drug-likeness (QED) is 0.292. The van der Waals surface area contributed by atoms with Gasteiger partial charge in [-0.1, -0.05) is 66.7 Å². The van der Waals surface area contributed by atoms with Crippen molar-refractivity contribution in [2.45, 2.75) is 0 Å². The van der Waals surface area contributed by atoms with Crippen molar-refractivity contribution in [1.29, 1.82) is 0 Å². The zero-order valence-electron chi connectivity index (χ0n) is 17.1. The lowest BCUT2D eigenvalue weighted by atomic mass is 9.97. The third-order valence-electron chi connectivity index (χ3n) is 5.78. The second kappa shape index (κ2) is 7.47. The summed E-state index contributed by atoms with van der Waals surface area (Å²) < 4.78 is 19.1. The second-order valence-electron chi connectivity index (χ2n) is 7.85. The zero-order valence-corrected chi connectivity index (χ0v) is 17.1. The Morgan fingerprint density at radius 1 is 0.531 bits per heavy atom. The van der Waals surface area contributed by atoms with Crippen molar-refractivity contribution in [3.63, 3.8) is 0 Å². The molecule has 0 aliphatic heterocycles. The van der Waals surface area contributed by atoms with Gasteiger partial charge in [0, 0.05) is 5.56 Å². The number of para-hydroxylation sites is 2. The first kappa shape index (κ1) is 18.5. The summed E-state index contributed by atoms with van der Waals surface area (Å²) in [5, 5.41) is 2.29. The van der Waals surface area contributed by atoms with E-state index in [1.807, 2.05) is 24.3 Å². The molecule has 1 heterocycles. The second-order valence-corrected chi connectivity index (χ2v) is 7.85. The van der Waals surface area contributed by atoms with E-state index in [2.05, 4.69) is 65.6 Å². The van der Waals surface area contributed by atoms with Crippen molar-refractivity contribution in [2.75, 3.05) is 0 Å². The molecule has 3 heteroatoms. The molecule has 152 valence electrons. The van der Waals surface area contributed by atoms with E-state index >= 15 is 0 Å². The molecular formula is C29H18FNO. The highest BCUT2D eigenvalue weighted by atomic mass is 19.1. The minimum atomic E-state index is -0.221. The Morgan fingerprint density at radius 2 is 1.06 bits per heavy atom. The summed E-state index contributed by atoms with van der Waals surface area (Å²) >= 11 is 0. The minimum Gasteiger partial charge on any atom is -0.436 e. The molecule has 0 spiro atoms. The molecule has 5 aromatic carbocycles. The van der Waals surface area contributed by atoms with Gasteiger partial charge in [0.2, 0.25) is 5.89 Å². The van der Waals surface area contributed by atoms with Crippen LogP contribution in [0.25, 0.3) is 55.6 Å². The van der Waals surface area contributed by atoms with E-state index in [4.69, 9.17) is 4.42 Å². The van der Waals surface area contributed by atoms with Crippen molar-refractivity contribution >= 4 is 21.9 Å². The molecule has 0 saturated heterocycles. The molecule has 0 saturated carbocycles. The van der Waals surface area contributed by atoms with Gasteiger partial charge in [0.05, 0.1) is 0 Å². The lowest BCUT2D eigenvalue weighted by Gasteiger charge is -2.07. The number of benzene rings is 5. The van der Waals surface area contributed by atoms with E-state index in [9.17, 15) is 4.39 Å². The summed E-state index contributed by atoms with van der Waals surface area (Å²) in [4.78, 5) is 4.61. The van der Waals surface area contributed by atoms with Gasteiger partial charge < -0.3 is 4.42 Å². The molecular weight excluding hydrogens is 397 g/mol. The maximum Gasteiger partial charge on any atom is 0.227 e. The summed E-state index contributed by atoms with van der Waals surface area (Å²) in [6.07, 6.45) is 0. The summed E-state index contributed by atoms with van der Waals surface area (Å²) in [5.74, 6) is 0.411. The molecule has 32 heavy (non-hydrogen) atoms. The number of aromatic nitrogens is 1. The molecule has 2 nitrogen and oxygen atoms in total. The van der Waals surface area contributed by atoms with Crippen molar-refractivity contribution < 1.29 is 8.81 Å². The first-order valence-corrected chi connectivity index (χ1v) is 10.5. The summed E-state index contributed by atoms with van der Waals surface area (Å²) in [6.45, 7) is 0. The molecule has 0 fully saturated rings. The highest BCUT2D eigenvalue weighted by Crippen LogP contribution is 2.31. The van der Waals surface area contributed by atoms with Crippen LogP contribution in [-0.2, 0) is 0 Å². The molecule has 0 amide bonds. The van der Waals surface area contributed by atoms with Crippen LogP contribution in [0, 0.1) is 5.82 Å². The highest BCUT2D eigenvalue weighted by molar-refractivity contribution is 5.90. The first-order chi connectivity index (χ1) is 15.7. The standard InChI is InChI=1S/C29H18FNO/c30-26-15-13-20(14-16-26)19-5-7-21(8-6-19)22-9-10-24-18-25(12-11-23(24)17-22)29-31-27-3-1-2-4-28(27)32-29/h1-18H. The number of hydrogen-bond acceptors (Lipinski definition) is 2. The fourth-order valence-electron chi connectivity index (χ4n) is 4.05. The molecule has 0 unspecified atom stereocenters. The molecule has 6 aromatic rings. The Kier molecular flexibility index (Phi) is 4.32. The Balaban J connectivity index is 1.32. The van der Waals surface area contributed by atoms with Crippen LogP contribution < -0.4 is 0 Å². The number of rotatable bonds is 3. The van der Waals surface area contributed by atoms with E-state index in [1.165, 1.54) is 12.1 Å². The number of hydrogen-bond donors (Lipinski definition) is 0. The number of halogens is 1. The Bertz CT molecular complexity index is 1530. The molecule has 0 atom stereocenters. The van der Waals surface area contributed by atoms with Crippen LogP contribution in [-0.4, -0.2) is 4.98 Å². The maximum absolute atomic E-state index is 13.2. The third-order valence-corrected chi connectivity index (χ3v) is 5.78. The predicted molar refractivity (Wildman–Crippen MR) is 128 cm³/mol. The van der Waals surface area contributed by atoms with Gasteiger partial charge in [-0.3, -0.25) is 0 Å². The summed E-state index contributed by atoms with van der Waals surface area (Å²) in [7, 11) is 0. The van der Waals surface area contributed by atoms with Crippen LogP contribution in [0.5, 0.6) is 0 Å². The molecule has 0 bridgehead atoms. The fraction of sp³-hybridized carbons (Fsp3) is 0. The largest absolute Gasteiger partial charge is 0.436 e. The minimum absolute atomic E-state index is 0.221. The van der Waals surface area contributed by atoms with Crippen molar-refractivity contribution in [1.82, 2.24) is 4.98 Å². The Morgan fingerprint density at radius 3 is 1.75 bits per heavy atom. The van der Waals surface area contributed by atoms with Crippen LogP contribution in [0.4, 0.5) is 4.39 Å².